The predicted octanol–water partition coefficient (Wildman–Crippen LogP) is 3.98. The van der Waals surface area contributed by atoms with Crippen LogP contribution in [0.25, 0.3) is 0 Å². The van der Waals surface area contributed by atoms with Crippen LogP contribution in [0.4, 0.5) is 13.2 Å². The van der Waals surface area contributed by atoms with Gasteiger partial charge >= 0.3 is 5.97 Å². The van der Waals surface area contributed by atoms with Crippen molar-refractivity contribution in [3.63, 3.8) is 0 Å². The van der Waals surface area contributed by atoms with Crippen molar-refractivity contribution in [3.05, 3.63) is 160 Å². The monoisotopic (exact) mass is 1700 g/mol. The zero-order valence-electron chi connectivity index (χ0n) is 70.7. The number of fused-ring (bicyclic) bond motifs is 3. The molecular weight excluding hydrogens is 1580 g/mol. The molecule has 3 aliphatic carbocycles. The summed E-state index contributed by atoms with van der Waals surface area (Å²) in [5.41, 5.74) is 22.1. The summed E-state index contributed by atoms with van der Waals surface area (Å²) in [7, 11) is 4.77. The van der Waals surface area contributed by atoms with Crippen LogP contribution < -0.4 is 79.3 Å². The van der Waals surface area contributed by atoms with Gasteiger partial charge in [-0.2, -0.15) is 0 Å². The van der Waals surface area contributed by atoms with E-state index in [1.165, 1.54) is 58.0 Å². The van der Waals surface area contributed by atoms with Gasteiger partial charge in [0.05, 0.1) is 18.1 Å². The lowest BCUT2D eigenvalue weighted by atomic mass is 9.98. The largest absolute Gasteiger partial charge is 0.492 e. The Morgan fingerprint density at radius 3 is 1.23 bits per heavy atom. The molecule has 0 saturated heterocycles. The molecule has 3 heterocycles. The van der Waals surface area contributed by atoms with Gasteiger partial charge in [-0.3, -0.25) is 48.6 Å². The Balaban J connectivity index is 0.000000209. The van der Waals surface area contributed by atoms with Crippen molar-refractivity contribution in [1.29, 1.82) is 5.41 Å². The zero-order chi connectivity index (χ0) is 88.1. The normalized spacial score (nSPS) is 23.6. The smallest absolute Gasteiger partial charge is 0.332 e. The number of amidine groups is 2. The molecule has 31 nitrogen and oxygen atoms in total. The summed E-state index contributed by atoms with van der Waals surface area (Å²) in [5.74, 6) is -3.03. The number of aryl methyl sites for hydroxylation is 3. The SMILES string of the molecule is CC(=O)O/N=C(\N)c1ccc(C[C@H]2NC(=O)[C@@H](C)N(C)C(=O)[C@H](C3CC3)NCCOc3cc(F)ccc3CCCNC2=O)cc1.C[C@@H]1C(=O)N[C@H](CCCCN)C(=O)NCCCc2ccc(F)cc2OCCN[C@@H](C2CC2)C(=O)N1C.C[C@@H]1C(=O)N[C@H](Cc2ccccc2C(=N)N)C(=O)NCCCc2ccc(F)cc2OCCN[C@@H](C2CC2)C(=O)N1C. The van der Waals surface area contributed by atoms with Crippen LogP contribution in [0.1, 0.15) is 144 Å². The number of carbonyl (C=O) groups excluding carboxylic acids is 10. The van der Waals surface area contributed by atoms with Crippen LogP contribution in [0.3, 0.4) is 0 Å². The predicted molar refractivity (Wildman–Crippen MR) is 452 cm³/mol. The second-order valence-electron chi connectivity index (χ2n) is 31.9. The van der Waals surface area contributed by atoms with Gasteiger partial charge in [-0.15, -0.1) is 0 Å². The number of ether oxygens (including phenoxy) is 3. The van der Waals surface area contributed by atoms with Crippen molar-refractivity contribution in [2.75, 3.05) is 86.8 Å². The van der Waals surface area contributed by atoms with Crippen LogP contribution in [-0.2, 0) is 84.9 Å². The van der Waals surface area contributed by atoms with E-state index in [0.717, 1.165) is 67.2 Å². The third-order valence-corrected chi connectivity index (χ3v) is 22.6. The van der Waals surface area contributed by atoms with Gasteiger partial charge in [0.2, 0.25) is 53.2 Å². The van der Waals surface area contributed by atoms with Crippen molar-refractivity contribution in [2.45, 2.75) is 191 Å². The molecule has 3 saturated carbocycles. The number of hydrogen-bond acceptors (Lipinski definition) is 20. The molecule has 6 aliphatic rings. The van der Waals surface area contributed by atoms with E-state index in [1.807, 2.05) is 0 Å². The maximum atomic E-state index is 14.0. The topological polar surface area (TPSA) is 440 Å². The van der Waals surface area contributed by atoms with Gasteiger partial charge in [-0.05, 0) is 187 Å². The molecule has 0 aromatic heterocycles. The number of hydrogen-bond donors (Lipinski definition) is 13. The first kappa shape index (κ1) is 94.6. The number of nitrogens with zero attached hydrogens (tertiary/aromatic N) is 4. The number of likely N-dealkylation sites (N-methyl/N-ethyl adjacent to an activating group) is 3. The lowest BCUT2D eigenvalue weighted by Crippen LogP contribution is -2.57. The molecule has 3 aliphatic heterocycles. The number of benzene rings is 5. The number of nitrogens with two attached hydrogens (primary N) is 3. The van der Waals surface area contributed by atoms with Gasteiger partial charge < -0.3 is 98.8 Å². The van der Waals surface area contributed by atoms with Crippen LogP contribution in [0, 0.1) is 40.6 Å². The van der Waals surface area contributed by atoms with Crippen LogP contribution >= 0.6 is 0 Å². The van der Waals surface area contributed by atoms with Gasteiger partial charge in [0.25, 0.3) is 0 Å². The average Bonchev–Trinajstić information content (AvgIpc) is 1.60. The van der Waals surface area contributed by atoms with Crippen molar-refractivity contribution < 1.29 is 80.2 Å². The molecule has 9 amide bonds. The maximum Gasteiger partial charge on any atom is 0.332 e. The van der Waals surface area contributed by atoms with E-state index in [9.17, 15) is 61.1 Å². The Kier molecular flexibility index (Phi) is 36.2. The van der Waals surface area contributed by atoms with E-state index in [-0.39, 0.29) is 97.4 Å². The van der Waals surface area contributed by atoms with Crippen LogP contribution in [0.5, 0.6) is 17.2 Å². The Morgan fingerprint density at radius 2 is 0.861 bits per heavy atom. The molecule has 0 unspecified atom stereocenters. The standard InChI is InChI=1S/C32H41FN6O6.C30H39FN6O4.C26H40FN5O4/c1-19-30(41)37-26(17-21-6-8-24(9-7-21)29(34)38-45-20(2)40)31(42)36-14-4-5-22-12-13-25(33)18-27(22)44-16-15-35-28(23-10-11-23)32(43)39(19)3;1-18-28(38)36-24(16-21-6-3-4-8-23(21)27(32)33)29(39)35-13-5-7-19-11-12-22(31)17-25(19)41-15-14-34-26(20-9-10-20)30(40)37(18)2;1-17-24(33)31-21(7-3-4-12-28)25(34)30-13-5-6-18-10-11-20(27)16-22(18)36-15-14-29-23(19-8-9-19)26(35)32(17)2/h6-9,12-13,18-19,23,26,28,35H,4-5,10-11,14-17H2,1-3H3,(H2,34,38)(H,36,42)(H,37,41);3-4,6,8,11-12,17-18,20,24,26,34H,5,7,9-10,13-16H2,1-2H3,(H3,32,33)(H,35,39)(H,36,38);10-11,16-17,19,21,23,29H,3-9,12-15,28H2,1-2H3,(H,30,34)(H,31,33)/t19-,26-,28+;18-,24-,26+;17-,21-,23+/m111/s1. The van der Waals surface area contributed by atoms with E-state index in [0.29, 0.717) is 131 Å². The van der Waals surface area contributed by atoms with Crippen LogP contribution in [0.15, 0.2) is 108 Å². The number of rotatable bonds is 14. The van der Waals surface area contributed by atoms with Crippen molar-refractivity contribution >= 4 is 70.8 Å². The Bertz CT molecular complexity index is 4470. The Hall–Kier alpha value is -11.2. The van der Waals surface area contributed by atoms with Crippen LogP contribution in [0.2, 0.25) is 0 Å². The fraction of sp³-hybridized carbons (Fsp3) is 0.523. The molecule has 0 bridgehead atoms. The summed E-state index contributed by atoms with van der Waals surface area (Å²) in [5, 5.41) is 38.5. The molecule has 16 N–H and O–H groups in total. The molecule has 11 rings (SSSR count). The highest BCUT2D eigenvalue weighted by Gasteiger charge is 2.43. The third kappa shape index (κ3) is 28.7. The minimum absolute atomic E-state index is 0.00856. The molecule has 5 aromatic rings. The van der Waals surface area contributed by atoms with E-state index in [1.54, 1.807) is 109 Å². The molecule has 662 valence electrons. The lowest BCUT2D eigenvalue weighted by molar-refractivity contribution is -0.141. The first-order valence-electron chi connectivity index (χ1n) is 42.2. The van der Waals surface area contributed by atoms with Crippen molar-refractivity contribution in [3.8, 4) is 17.2 Å². The maximum absolute atomic E-state index is 14.0. The fourth-order valence-corrected chi connectivity index (χ4v) is 14.4. The molecule has 0 radical (unpaired) electrons. The first-order valence-corrected chi connectivity index (χ1v) is 42.2. The third-order valence-electron chi connectivity index (χ3n) is 22.6. The number of halogens is 3. The molecule has 5 aromatic carbocycles. The van der Waals surface area contributed by atoms with Gasteiger partial charge in [0.15, 0.2) is 5.84 Å². The summed E-state index contributed by atoms with van der Waals surface area (Å²) in [6, 6.07) is 20.6. The number of nitrogens with one attached hydrogen (secondary N) is 10. The second-order valence-corrected chi connectivity index (χ2v) is 31.9. The van der Waals surface area contributed by atoms with E-state index in [2.05, 4.69) is 57.8 Å². The fourth-order valence-electron chi connectivity index (χ4n) is 14.4. The van der Waals surface area contributed by atoms with Gasteiger partial charge in [-0.1, -0.05) is 71.9 Å². The van der Waals surface area contributed by atoms with E-state index >= 15 is 0 Å². The molecule has 122 heavy (non-hydrogen) atoms. The summed E-state index contributed by atoms with van der Waals surface area (Å²) in [4.78, 5) is 140. The van der Waals surface area contributed by atoms with Gasteiger partial charge in [0, 0.05) is 110 Å². The molecule has 0 spiro atoms. The molecule has 34 heteroatoms. The van der Waals surface area contributed by atoms with Gasteiger partial charge in [-0.25, -0.2) is 18.0 Å². The number of oxime groups is 1. The van der Waals surface area contributed by atoms with E-state index in [4.69, 9.17) is 36.8 Å². The summed E-state index contributed by atoms with van der Waals surface area (Å²) < 4.78 is 59.5. The zero-order valence-corrected chi connectivity index (χ0v) is 70.7. The van der Waals surface area contributed by atoms with Gasteiger partial charge in [0.1, 0.15) is 96.6 Å². The lowest BCUT2D eigenvalue weighted by Gasteiger charge is -2.30. The second kappa shape index (κ2) is 46.7. The number of amides is 9. The average molecular weight is 1700 g/mol. The highest BCUT2D eigenvalue weighted by atomic mass is 19.1. The Labute approximate surface area is 710 Å². The highest BCUT2D eigenvalue weighted by molar-refractivity contribution is 5.99. The summed E-state index contributed by atoms with van der Waals surface area (Å²) in [6.45, 7) is 9.57. The molecular formula is C88H120F3N17O14. The molecule has 9 atom stereocenters. The summed E-state index contributed by atoms with van der Waals surface area (Å²) >= 11 is 0. The Morgan fingerprint density at radius 1 is 0.492 bits per heavy atom. The number of carbonyl (C=O) groups is 10. The highest BCUT2D eigenvalue weighted by Crippen LogP contribution is 2.36. The number of unbranched alkanes of at least 4 members (excludes halogenated alkanes) is 1. The molecule has 3 fully saturated rings. The summed E-state index contributed by atoms with van der Waals surface area (Å²) in [6.07, 6.45) is 11.1. The minimum Gasteiger partial charge on any atom is -0.492 e. The minimum atomic E-state index is -0.963. The number of nitrogen functional groups attached to an aromatic ring is 1. The van der Waals surface area contributed by atoms with Crippen molar-refractivity contribution in [2.24, 2.45) is 40.1 Å². The quantitative estimate of drug-likeness (QED) is 0.0246. The van der Waals surface area contributed by atoms with Crippen LogP contribution in [-0.4, -0.2) is 227 Å². The van der Waals surface area contributed by atoms with Crippen molar-refractivity contribution in [1.82, 2.24) is 62.6 Å². The van der Waals surface area contributed by atoms with E-state index < -0.39 is 95.6 Å². The first-order chi connectivity index (χ1) is 58.5.